The van der Waals surface area contributed by atoms with Crippen LogP contribution in [0.4, 0.5) is 8.78 Å². The summed E-state index contributed by atoms with van der Waals surface area (Å²) in [6.07, 6.45) is 0.989. The second kappa shape index (κ2) is 4.89. The van der Waals surface area contributed by atoms with Crippen molar-refractivity contribution < 1.29 is 18.7 Å². The highest BCUT2D eigenvalue weighted by Crippen LogP contribution is 2.23. The van der Waals surface area contributed by atoms with Gasteiger partial charge in [0.05, 0.1) is 5.69 Å². The van der Waals surface area contributed by atoms with E-state index in [0.717, 1.165) is 18.2 Å². The van der Waals surface area contributed by atoms with Crippen molar-refractivity contribution in [3.05, 3.63) is 47.9 Å². The molecule has 1 aromatic carbocycles. The molecule has 0 aliphatic carbocycles. The number of aromatic nitrogens is 4. The lowest BCUT2D eigenvalue weighted by molar-refractivity contribution is -0.136. The number of nitrogens with zero attached hydrogens (tertiary/aromatic N) is 4. The van der Waals surface area contributed by atoms with E-state index in [1.807, 2.05) is 0 Å². The van der Waals surface area contributed by atoms with Gasteiger partial charge in [-0.15, -0.1) is 5.10 Å². The first-order valence-corrected chi connectivity index (χ1v) is 5.92. The highest BCUT2D eigenvalue weighted by atomic mass is 19.1. The van der Waals surface area contributed by atoms with Crippen LogP contribution in [0.15, 0.2) is 30.5 Å². The summed E-state index contributed by atoms with van der Waals surface area (Å²) in [7, 11) is 0. The van der Waals surface area contributed by atoms with Crippen molar-refractivity contribution in [3.8, 4) is 11.3 Å². The van der Waals surface area contributed by atoms with Crippen LogP contribution in [0.1, 0.15) is 5.82 Å². The van der Waals surface area contributed by atoms with Crippen LogP contribution in [0.2, 0.25) is 0 Å². The average molecular weight is 290 g/mol. The van der Waals surface area contributed by atoms with Gasteiger partial charge in [-0.3, -0.25) is 4.79 Å². The maximum absolute atomic E-state index is 13.9. The number of benzene rings is 1. The number of carbonyl (C=O) groups is 1. The van der Waals surface area contributed by atoms with E-state index in [9.17, 15) is 13.6 Å². The average Bonchev–Trinajstić information content (AvgIpc) is 2.82. The number of hydrogen-bond acceptors (Lipinski definition) is 4. The van der Waals surface area contributed by atoms with Gasteiger partial charge in [0, 0.05) is 11.8 Å². The van der Waals surface area contributed by atoms with Crippen molar-refractivity contribution in [1.29, 1.82) is 0 Å². The number of hydrogen-bond donors (Lipinski definition) is 1. The molecule has 0 radical (unpaired) electrons. The topological polar surface area (TPSA) is 80.4 Å². The third kappa shape index (κ3) is 2.42. The molecule has 0 aliphatic heterocycles. The normalized spacial score (nSPS) is 11.0. The van der Waals surface area contributed by atoms with Gasteiger partial charge in [-0.1, -0.05) is 0 Å². The molecule has 0 amide bonds. The molecule has 0 spiro atoms. The first kappa shape index (κ1) is 13.1. The maximum Gasteiger partial charge on any atom is 0.311 e. The quantitative estimate of drug-likeness (QED) is 0.794. The van der Waals surface area contributed by atoms with Gasteiger partial charge < -0.3 is 5.11 Å². The van der Waals surface area contributed by atoms with Crippen molar-refractivity contribution in [2.24, 2.45) is 0 Å². The summed E-state index contributed by atoms with van der Waals surface area (Å²) in [5.74, 6) is -2.16. The van der Waals surface area contributed by atoms with Gasteiger partial charge in [0.2, 0.25) is 0 Å². The summed E-state index contributed by atoms with van der Waals surface area (Å²) in [6, 6.07) is 4.49. The van der Waals surface area contributed by atoms with Gasteiger partial charge in [0.1, 0.15) is 18.1 Å². The number of carboxylic acid groups (broad SMARTS) is 1. The van der Waals surface area contributed by atoms with E-state index in [1.165, 1.54) is 16.8 Å². The fourth-order valence-corrected chi connectivity index (χ4v) is 1.94. The summed E-state index contributed by atoms with van der Waals surface area (Å²) in [5.41, 5.74) is 0.232. The lowest BCUT2D eigenvalue weighted by atomic mass is 10.1. The predicted molar refractivity (Wildman–Crippen MR) is 67.5 cm³/mol. The number of carboxylic acids is 1. The standard InChI is InChI=1S/C13H8F2N4O2/c14-7-1-2-9(15)8(5-7)10-3-4-16-13-17-11(6-12(20)21)18-19(10)13/h1-5H,6H2,(H,20,21). The first-order valence-electron chi connectivity index (χ1n) is 5.92. The van der Waals surface area contributed by atoms with Crippen molar-refractivity contribution >= 4 is 11.7 Å². The predicted octanol–water partition coefficient (Wildman–Crippen LogP) is 1.70. The molecule has 106 valence electrons. The fraction of sp³-hybridized carbons (Fsp3) is 0.0769. The zero-order valence-electron chi connectivity index (χ0n) is 10.5. The smallest absolute Gasteiger partial charge is 0.311 e. The van der Waals surface area contributed by atoms with Crippen LogP contribution in [0.25, 0.3) is 17.0 Å². The van der Waals surface area contributed by atoms with E-state index in [-0.39, 0.29) is 29.3 Å². The molecule has 3 rings (SSSR count). The SMILES string of the molecule is O=C(O)Cc1nc2nccc(-c3cc(F)ccc3F)n2n1. The lowest BCUT2D eigenvalue weighted by Crippen LogP contribution is -2.02. The van der Waals surface area contributed by atoms with Crippen LogP contribution in [-0.4, -0.2) is 30.7 Å². The minimum absolute atomic E-state index is 0.00539. The molecule has 2 aromatic heterocycles. The molecule has 0 unspecified atom stereocenters. The van der Waals surface area contributed by atoms with Gasteiger partial charge in [0.25, 0.3) is 5.78 Å². The Balaban J connectivity index is 2.20. The van der Waals surface area contributed by atoms with E-state index in [4.69, 9.17) is 5.11 Å². The zero-order chi connectivity index (χ0) is 15.0. The Kier molecular flexibility index (Phi) is 3.05. The van der Waals surface area contributed by atoms with Gasteiger partial charge in [0.15, 0.2) is 5.82 Å². The molecule has 21 heavy (non-hydrogen) atoms. The number of fused-ring (bicyclic) bond motifs is 1. The third-order valence-corrected chi connectivity index (χ3v) is 2.80. The van der Waals surface area contributed by atoms with E-state index in [0.29, 0.717) is 0 Å². The Morgan fingerprint density at radius 3 is 2.86 bits per heavy atom. The lowest BCUT2D eigenvalue weighted by Gasteiger charge is -2.05. The zero-order valence-corrected chi connectivity index (χ0v) is 10.5. The number of halogens is 2. The second-order valence-corrected chi connectivity index (χ2v) is 4.26. The Bertz CT molecular complexity index is 847. The molecule has 0 saturated heterocycles. The summed E-state index contributed by atoms with van der Waals surface area (Å²) in [6.45, 7) is 0. The van der Waals surface area contributed by atoms with Crippen molar-refractivity contribution in [2.75, 3.05) is 0 Å². The molecule has 0 fully saturated rings. The Morgan fingerprint density at radius 2 is 2.10 bits per heavy atom. The molecule has 0 bridgehead atoms. The molecule has 8 heteroatoms. The van der Waals surface area contributed by atoms with Gasteiger partial charge in [-0.25, -0.2) is 13.8 Å². The van der Waals surface area contributed by atoms with Gasteiger partial charge >= 0.3 is 5.97 Å². The molecule has 2 heterocycles. The van der Waals surface area contributed by atoms with Crippen LogP contribution in [0.5, 0.6) is 0 Å². The minimum atomic E-state index is -1.09. The first-order chi connectivity index (χ1) is 10.0. The molecule has 0 aliphatic rings. The van der Waals surface area contributed by atoms with Gasteiger partial charge in [-0.2, -0.15) is 9.50 Å². The summed E-state index contributed by atoms with van der Waals surface area (Å²) in [4.78, 5) is 18.5. The van der Waals surface area contributed by atoms with Crippen LogP contribution in [0, 0.1) is 11.6 Å². The number of aliphatic carboxylic acids is 1. The Hall–Kier alpha value is -2.90. The number of rotatable bonds is 3. The summed E-state index contributed by atoms with van der Waals surface area (Å²) in [5, 5.41) is 12.7. The fourth-order valence-electron chi connectivity index (χ4n) is 1.94. The van der Waals surface area contributed by atoms with E-state index < -0.39 is 17.6 Å². The summed E-state index contributed by atoms with van der Waals surface area (Å²) >= 11 is 0. The highest BCUT2D eigenvalue weighted by Gasteiger charge is 2.15. The van der Waals surface area contributed by atoms with E-state index in [2.05, 4.69) is 15.1 Å². The molecule has 6 nitrogen and oxygen atoms in total. The van der Waals surface area contributed by atoms with Crippen LogP contribution in [0.3, 0.4) is 0 Å². The van der Waals surface area contributed by atoms with Crippen molar-refractivity contribution in [1.82, 2.24) is 19.6 Å². The van der Waals surface area contributed by atoms with E-state index in [1.54, 1.807) is 0 Å². The Labute approximate surface area is 116 Å². The molecule has 0 saturated carbocycles. The van der Waals surface area contributed by atoms with Crippen molar-refractivity contribution in [2.45, 2.75) is 6.42 Å². The third-order valence-electron chi connectivity index (χ3n) is 2.80. The Morgan fingerprint density at radius 1 is 1.29 bits per heavy atom. The van der Waals surface area contributed by atoms with E-state index >= 15 is 0 Å². The van der Waals surface area contributed by atoms with Crippen LogP contribution < -0.4 is 0 Å². The summed E-state index contributed by atoms with van der Waals surface area (Å²) < 4.78 is 28.4. The minimum Gasteiger partial charge on any atom is -0.481 e. The van der Waals surface area contributed by atoms with Crippen LogP contribution >= 0.6 is 0 Å². The monoisotopic (exact) mass is 290 g/mol. The molecule has 3 aromatic rings. The molecule has 1 N–H and O–H groups in total. The van der Waals surface area contributed by atoms with Gasteiger partial charge in [-0.05, 0) is 24.3 Å². The largest absolute Gasteiger partial charge is 0.481 e. The molecular weight excluding hydrogens is 282 g/mol. The molecule has 0 atom stereocenters. The molecular formula is C13H8F2N4O2. The highest BCUT2D eigenvalue weighted by molar-refractivity contribution is 5.69. The second-order valence-electron chi connectivity index (χ2n) is 4.26. The van der Waals surface area contributed by atoms with Crippen molar-refractivity contribution in [3.63, 3.8) is 0 Å². The van der Waals surface area contributed by atoms with Crippen LogP contribution in [-0.2, 0) is 11.2 Å². The maximum atomic E-state index is 13.9.